The highest BCUT2D eigenvalue weighted by Crippen LogP contribution is 2.57. The molecule has 1 heterocycles. The van der Waals surface area contributed by atoms with Crippen molar-refractivity contribution in [2.24, 2.45) is 23.2 Å². The first-order valence-corrected chi connectivity index (χ1v) is 15.6. The van der Waals surface area contributed by atoms with Crippen LogP contribution < -0.4 is 10.2 Å². The fourth-order valence-electron chi connectivity index (χ4n) is 8.89. The summed E-state index contributed by atoms with van der Waals surface area (Å²) in [5, 5.41) is 15.7. The molecule has 0 aromatic heterocycles. The molecule has 1 saturated heterocycles. The molecule has 2 saturated carbocycles. The van der Waals surface area contributed by atoms with E-state index in [4.69, 9.17) is 0 Å². The van der Waals surface area contributed by atoms with Crippen LogP contribution in [0.4, 0.5) is 17.1 Å². The number of nitrogens with zero attached hydrogens (tertiary/aromatic N) is 2. The molecule has 2 aromatic carbocycles. The third-order valence-corrected chi connectivity index (χ3v) is 11.1. The molecule has 218 valence electrons. The summed E-state index contributed by atoms with van der Waals surface area (Å²) in [5.74, 6) is -0.00374. The number of imide groups is 1. The molecule has 41 heavy (non-hydrogen) atoms. The van der Waals surface area contributed by atoms with Crippen LogP contribution in [0.1, 0.15) is 102 Å². The fourth-order valence-corrected chi connectivity index (χ4v) is 8.89. The average molecular weight is 558 g/mol. The number of carbonyl (C=O) groups excluding carboxylic acids is 2. The van der Waals surface area contributed by atoms with Crippen LogP contribution in [0, 0.1) is 33.3 Å². The van der Waals surface area contributed by atoms with E-state index >= 15 is 0 Å². The molecule has 1 aliphatic heterocycles. The van der Waals surface area contributed by atoms with Gasteiger partial charge in [0.25, 0.3) is 5.69 Å². The second kappa shape index (κ2) is 10.2. The number of aryl methyl sites for hydroxylation is 1. The average Bonchev–Trinajstić information content (AvgIpc) is 3.21. The molecule has 7 heteroatoms. The summed E-state index contributed by atoms with van der Waals surface area (Å²) < 4.78 is 0. The number of nitro benzene ring substituents is 1. The zero-order valence-corrected chi connectivity index (χ0v) is 24.9. The largest absolute Gasteiger partial charge is 0.379 e. The van der Waals surface area contributed by atoms with Crippen molar-refractivity contribution in [2.45, 2.75) is 96.8 Å². The number of fused-ring (bicyclic) bond motifs is 4. The molecule has 0 spiro atoms. The van der Waals surface area contributed by atoms with Crippen LogP contribution in [-0.2, 0) is 21.4 Å². The van der Waals surface area contributed by atoms with Gasteiger partial charge in [-0.25, -0.2) is 4.90 Å². The molecular formula is C34H43N3O4. The smallest absolute Gasteiger partial charge is 0.294 e. The van der Waals surface area contributed by atoms with Gasteiger partial charge in [-0.05, 0) is 90.0 Å². The van der Waals surface area contributed by atoms with Crippen molar-refractivity contribution in [2.75, 3.05) is 16.8 Å². The maximum atomic E-state index is 13.1. The van der Waals surface area contributed by atoms with Crippen molar-refractivity contribution in [3.63, 3.8) is 0 Å². The van der Waals surface area contributed by atoms with Crippen LogP contribution in [0.15, 0.2) is 36.4 Å². The Hall–Kier alpha value is -3.22. The number of amides is 2. The summed E-state index contributed by atoms with van der Waals surface area (Å²) in [6.07, 6.45) is 8.87. The Bertz CT molecular complexity index is 1380. The van der Waals surface area contributed by atoms with Crippen LogP contribution in [0.3, 0.4) is 0 Å². The number of rotatable bonds is 6. The zero-order chi connectivity index (χ0) is 29.1. The van der Waals surface area contributed by atoms with E-state index in [1.165, 1.54) is 27.7 Å². The van der Waals surface area contributed by atoms with E-state index in [0.717, 1.165) is 57.8 Å². The number of nitro groups is 1. The summed E-state index contributed by atoms with van der Waals surface area (Å²) in [6.45, 7) is 9.91. The normalized spacial score (nSPS) is 31.0. The van der Waals surface area contributed by atoms with Crippen LogP contribution >= 0.6 is 0 Å². The van der Waals surface area contributed by atoms with Crippen LogP contribution in [0.5, 0.6) is 0 Å². The second-order valence-corrected chi connectivity index (χ2v) is 13.9. The van der Waals surface area contributed by atoms with Gasteiger partial charge in [-0.15, -0.1) is 0 Å². The van der Waals surface area contributed by atoms with Crippen LogP contribution in [-0.4, -0.2) is 23.3 Å². The van der Waals surface area contributed by atoms with E-state index in [1.54, 1.807) is 12.1 Å². The van der Waals surface area contributed by atoms with E-state index in [0.29, 0.717) is 29.8 Å². The summed E-state index contributed by atoms with van der Waals surface area (Å²) in [4.78, 5) is 39.2. The van der Waals surface area contributed by atoms with Gasteiger partial charge in [0.2, 0.25) is 11.8 Å². The van der Waals surface area contributed by atoms with Gasteiger partial charge in [0.1, 0.15) is 5.69 Å². The first kappa shape index (κ1) is 27.9. The Kier molecular flexibility index (Phi) is 6.98. The minimum absolute atomic E-state index is 0.0233. The third kappa shape index (κ3) is 4.56. The van der Waals surface area contributed by atoms with E-state index < -0.39 is 4.92 Å². The number of nitrogens with one attached hydrogen (secondary N) is 1. The summed E-state index contributed by atoms with van der Waals surface area (Å²) in [7, 11) is 0. The van der Waals surface area contributed by atoms with Crippen molar-refractivity contribution < 1.29 is 14.5 Å². The highest BCUT2D eigenvalue weighted by molar-refractivity contribution is 6.22. The number of carbonyl (C=O) groups is 2. The first-order chi connectivity index (χ1) is 19.5. The topological polar surface area (TPSA) is 92.6 Å². The molecule has 0 radical (unpaired) electrons. The highest BCUT2D eigenvalue weighted by atomic mass is 16.6. The quantitative estimate of drug-likeness (QED) is 0.225. The van der Waals surface area contributed by atoms with Crippen molar-refractivity contribution in [3.05, 3.63) is 63.2 Å². The molecule has 5 atom stereocenters. The van der Waals surface area contributed by atoms with E-state index in [1.807, 2.05) is 0 Å². The summed E-state index contributed by atoms with van der Waals surface area (Å²) in [6, 6.07) is 11.9. The van der Waals surface area contributed by atoms with Crippen molar-refractivity contribution in [1.29, 1.82) is 0 Å². The highest BCUT2D eigenvalue weighted by Gasteiger charge is 2.52. The SMILES string of the molecule is CC(C)c1ccc2c(c1)CC[C@@H]1[C@](C)(CNc3ccc(N4C(=O)[C@H]5CCCC[C@H]5C4=O)cc3[N+](=O)[O-])CCC[C@@]21C. The Morgan fingerprint density at radius 1 is 0.976 bits per heavy atom. The maximum Gasteiger partial charge on any atom is 0.294 e. The zero-order valence-electron chi connectivity index (χ0n) is 24.9. The number of hydrogen-bond acceptors (Lipinski definition) is 5. The van der Waals surface area contributed by atoms with Gasteiger partial charge in [-0.1, -0.05) is 65.2 Å². The van der Waals surface area contributed by atoms with E-state index in [-0.39, 0.29) is 40.2 Å². The molecular weight excluding hydrogens is 514 g/mol. The lowest BCUT2D eigenvalue weighted by atomic mass is 9.49. The number of anilines is 2. The molecule has 1 N–H and O–H groups in total. The Morgan fingerprint density at radius 2 is 1.68 bits per heavy atom. The molecule has 0 bridgehead atoms. The minimum atomic E-state index is -0.402. The standard InChI is InChI=1S/C34H43N3O4/c1-21(2)22-10-13-27-23(18-22)11-15-30-33(3,16-7-17-34(27,30)4)20-35-28-14-12-24(19-29(28)37(40)41)36-31(38)25-8-5-6-9-26(25)32(36)39/h10,12-14,18-19,21,25-26,30,35H,5-9,11,15-17,20H2,1-4H3/t25-,26+,30-,33+,34+/m1/s1. The van der Waals surface area contributed by atoms with Crippen molar-refractivity contribution >= 4 is 28.9 Å². The lowest BCUT2D eigenvalue weighted by Crippen LogP contribution is -2.51. The Morgan fingerprint density at radius 3 is 2.34 bits per heavy atom. The van der Waals surface area contributed by atoms with Gasteiger partial charge in [0.05, 0.1) is 22.4 Å². The molecule has 3 aliphatic carbocycles. The lowest BCUT2D eigenvalue weighted by molar-refractivity contribution is -0.383. The monoisotopic (exact) mass is 557 g/mol. The van der Waals surface area contributed by atoms with Crippen LogP contribution in [0.2, 0.25) is 0 Å². The fraction of sp³-hybridized carbons (Fsp3) is 0.588. The molecule has 0 unspecified atom stereocenters. The van der Waals surface area contributed by atoms with Crippen LogP contribution in [0.25, 0.3) is 0 Å². The van der Waals surface area contributed by atoms with Crippen molar-refractivity contribution in [3.8, 4) is 0 Å². The molecule has 4 aliphatic rings. The Labute approximate surface area is 243 Å². The van der Waals surface area contributed by atoms with Crippen molar-refractivity contribution in [1.82, 2.24) is 0 Å². The van der Waals surface area contributed by atoms with Gasteiger partial charge >= 0.3 is 0 Å². The summed E-state index contributed by atoms with van der Waals surface area (Å²) in [5.41, 5.74) is 5.11. The number of benzene rings is 2. The Balaban J connectivity index is 1.24. The molecule has 6 rings (SSSR count). The minimum Gasteiger partial charge on any atom is -0.379 e. The summed E-state index contributed by atoms with van der Waals surface area (Å²) >= 11 is 0. The third-order valence-electron chi connectivity index (χ3n) is 11.1. The molecule has 2 aromatic rings. The predicted octanol–water partition coefficient (Wildman–Crippen LogP) is 7.52. The van der Waals surface area contributed by atoms with Gasteiger partial charge in [0.15, 0.2) is 0 Å². The second-order valence-electron chi connectivity index (χ2n) is 13.9. The number of hydrogen-bond donors (Lipinski definition) is 1. The lowest BCUT2D eigenvalue weighted by Gasteiger charge is -2.55. The maximum absolute atomic E-state index is 13.1. The molecule has 2 amide bonds. The van der Waals surface area contributed by atoms with Gasteiger partial charge in [-0.3, -0.25) is 19.7 Å². The van der Waals surface area contributed by atoms with Gasteiger partial charge in [-0.2, -0.15) is 0 Å². The van der Waals surface area contributed by atoms with E-state index in [9.17, 15) is 19.7 Å². The van der Waals surface area contributed by atoms with E-state index in [2.05, 4.69) is 51.2 Å². The molecule has 7 nitrogen and oxygen atoms in total. The van der Waals surface area contributed by atoms with Gasteiger partial charge < -0.3 is 5.32 Å². The predicted molar refractivity (Wildman–Crippen MR) is 161 cm³/mol. The first-order valence-electron chi connectivity index (χ1n) is 15.6. The molecule has 3 fully saturated rings. The van der Waals surface area contributed by atoms with Gasteiger partial charge in [0, 0.05) is 12.6 Å².